The number of carbonyl (C=O) groups excluding carboxylic acids is 1. The highest BCUT2D eigenvalue weighted by Crippen LogP contribution is 2.29. The van der Waals surface area contributed by atoms with E-state index in [1.165, 1.54) is 6.33 Å². The van der Waals surface area contributed by atoms with Crippen LogP contribution in [0.2, 0.25) is 0 Å². The van der Waals surface area contributed by atoms with E-state index in [1.54, 1.807) is 7.11 Å². The summed E-state index contributed by atoms with van der Waals surface area (Å²) >= 11 is 0. The zero-order chi connectivity index (χ0) is 24.4. The number of aryl methyl sites for hydroxylation is 2. The Morgan fingerprint density at radius 2 is 1.74 bits per heavy atom. The fourth-order valence-corrected chi connectivity index (χ4v) is 4.84. The van der Waals surface area contributed by atoms with Crippen LogP contribution in [0.5, 0.6) is 17.4 Å². The lowest BCUT2D eigenvalue weighted by Gasteiger charge is -2.38. The number of nitrogens with one attached hydrogen (secondary N) is 1. The van der Waals surface area contributed by atoms with Crippen LogP contribution in [0.25, 0.3) is 0 Å². The third-order valence-corrected chi connectivity index (χ3v) is 6.57. The van der Waals surface area contributed by atoms with Gasteiger partial charge in [-0.2, -0.15) is 0 Å². The van der Waals surface area contributed by atoms with Gasteiger partial charge in [0.05, 0.1) is 7.11 Å². The van der Waals surface area contributed by atoms with Crippen LogP contribution >= 0.6 is 0 Å². The summed E-state index contributed by atoms with van der Waals surface area (Å²) in [5, 5.41) is 3.08. The third-order valence-electron chi connectivity index (χ3n) is 6.57. The second-order valence-corrected chi connectivity index (χ2v) is 9.02. The van der Waals surface area contributed by atoms with E-state index in [9.17, 15) is 4.79 Å². The van der Waals surface area contributed by atoms with Gasteiger partial charge in [0.2, 0.25) is 5.88 Å². The summed E-state index contributed by atoms with van der Waals surface area (Å²) in [4.78, 5) is 30.3. The second-order valence-electron chi connectivity index (χ2n) is 9.02. The zero-order valence-corrected chi connectivity index (χ0v) is 20.3. The predicted molar refractivity (Wildman–Crippen MR) is 133 cm³/mol. The minimum Gasteiger partial charge on any atom is -0.497 e. The molecule has 9 nitrogen and oxygen atoms in total. The Balaban J connectivity index is 1.22. The van der Waals surface area contributed by atoms with E-state index in [1.807, 2.05) is 55.1 Å². The van der Waals surface area contributed by atoms with Crippen molar-refractivity contribution in [3.05, 3.63) is 59.7 Å². The first-order valence-corrected chi connectivity index (χ1v) is 11.9. The monoisotopic (exact) mass is 474 g/mol. The number of hydrogen-bond donors (Lipinski definition) is 1. The number of fused-ring (bicyclic) bond motifs is 1. The maximum atomic E-state index is 13.0. The highest BCUT2D eigenvalue weighted by molar-refractivity contribution is 5.91. The van der Waals surface area contributed by atoms with Gasteiger partial charge in [-0.15, -0.1) is 0 Å². The van der Waals surface area contributed by atoms with Gasteiger partial charge in [0.1, 0.15) is 23.6 Å². The average molecular weight is 475 g/mol. The molecule has 1 aromatic carbocycles. The van der Waals surface area contributed by atoms with Gasteiger partial charge in [-0.25, -0.2) is 14.8 Å². The van der Waals surface area contributed by atoms with Gasteiger partial charge in [0.25, 0.3) is 0 Å². The van der Waals surface area contributed by atoms with E-state index < -0.39 is 0 Å². The maximum absolute atomic E-state index is 13.0. The molecule has 3 aromatic rings. The zero-order valence-electron chi connectivity index (χ0n) is 20.3. The first kappa shape index (κ1) is 22.9. The summed E-state index contributed by atoms with van der Waals surface area (Å²) in [7, 11) is 1.66. The van der Waals surface area contributed by atoms with Crippen LogP contribution in [-0.4, -0.2) is 58.7 Å². The van der Waals surface area contributed by atoms with E-state index in [-0.39, 0.29) is 12.1 Å². The van der Waals surface area contributed by atoms with Crippen molar-refractivity contribution in [2.75, 3.05) is 37.0 Å². The molecule has 2 aromatic heterocycles. The molecule has 0 aliphatic carbocycles. The minimum atomic E-state index is -0.0342. The molecule has 2 amide bonds. The van der Waals surface area contributed by atoms with Crippen molar-refractivity contribution >= 4 is 17.5 Å². The van der Waals surface area contributed by atoms with Crippen molar-refractivity contribution in [2.24, 2.45) is 0 Å². The van der Waals surface area contributed by atoms with Crippen LogP contribution in [0.4, 0.5) is 16.3 Å². The Labute approximate surface area is 205 Å². The van der Waals surface area contributed by atoms with Crippen molar-refractivity contribution in [3.8, 4) is 17.4 Å². The number of rotatable bonds is 5. The number of urea groups is 1. The molecule has 2 aliphatic heterocycles. The van der Waals surface area contributed by atoms with Crippen LogP contribution in [0.15, 0.2) is 42.7 Å². The Bertz CT molecular complexity index is 1210. The first-order valence-electron chi connectivity index (χ1n) is 11.9. The molecule has 9 heteroatoms. The molecule has 0 unspecified atom stereocenters. The van der Waals surface area contributed by atoms with Crippen LogP contribution in [0.3, 0.4) is 0 Å². The SMILES string of the molecule is COc1ccc2c(c1)CCN(C1CCN(c3cc(Oc4cc(C)nc(C)c4)ncn3)CC1)C(=O)N2. The summed E-state index contributed by atoms with van der Waals surface area (Å²) in [6.07, 6.45) is 4.07. The molecule has 0 saturated carbocycles. The lowest BCUT2D eigenvalue weighted by molar-refractivity contribution is 0.177. The second kappa shape index (κ2) is 9.77. The molecule has 35 heavy (non-hydrogen) atoms. The number of amides is 2. The van der Waals surface area contributed by atoms with Crippen molar-refractivity contribution in [2.45, 2.75) is 39.2 Å². The van der Waals surface area contributed by atoms with Crippen molar-refractivity contribution in [1.29, 1.82) is 0 Å². The molecule has 0 spiro atoms. The van der Waals surface area contributed by atoms with E-state index >= 15 is 0 Å². The fourth-order valence-electron chi connectivity index (χ4n) is 4.84. The van der Waals surface area contributed by atoms with Gasteiger partial charge in [-0.1, -0.05) is 0 Å². The van der Waals surface area contributed by atoms with Crippen LogP contribution < -0.4 is 19.7 Å². The molecule has 5 rings (SSSR count). The normalized spacial score (nSPS) is 16.4. The third kappa shape index (κ3) is 5.13. The van der Waals surface area contributed by atoms with Crippen LogP contribution in [0.1, 0.15) is 29.8 Å². The molecule has 0 radical (unpaired) electrons. The van der Waals surface area contributed by atoms with Gasteiger partial charge in [0.15, 0.2) is 0 Å². The van der Waals surface area contributed by atoms with Gasteiger partial charge in [0, 0.05) is 61.0 Å². The van der Waals surface area contributed by atoms with E-state index in [0.29, 0.717) is 18.2 Å². The Morgan fingerprint density at radius 1 is 0.971 bits per heavy atom. The summed E-state index contributed by atoms with van der Waals surface area (Å²) in [5.74, 6) is 2.85. The minimum absolute atomic E-state index is 0.0342. The molecular weight excluding hydrogens is 444 g/mol. The number of aromatic nitrogens is 3. The number of nitrogens with zero attached hydrogens (tertiary/aromatic N) is 5. The van der Waals surface area contributed by atoms with Gasteiger partial charge in [-0.05, 0) is 56.9 Å². The smallest absolute Gasteiger partial charge is 0.322 e. The standard InChI is InChI=1S/C26H30N6O3/c1-17-12-22(13-18(2)29-17)35-25-15-24(27-16-28-25)31-9-7-20(8-10-31)32-11-6-19-14-21(34-3)4-5-23(19)30-26(32)33/h4-5,12-16,20H,6-11H2,1-3H3,(H,30,33). The highest BCUT2D eigenvalue weighted by Gasteiger charge is 2.30. The number of benzene rings is 1. The summed E-state index contributed by atoms with van der Waals surface area (Å²) < 4.78 is 11.3. The molecular formula is C26H30N6O3. The molecule has 2 aliphatic rings. The van der Waals surface area contributed by atoms with Gasteiger partial charge < -0.3 is 24.6 Å². The summed E-state index contributed by atoms with van der Waals surface area (Å²) in [5.41, 5.74) is 3.77. The number of anilines is 2. The van der Waals surface area contributed by atoms with Crippen molar-refractivity contribution in [1.82, 2.24) is 19.9 Å². The molecule has 1 fully saturated rings. The van der Waals surface area contributed by atoms with Crippen LogP contribution in [0, 0.1) is 13.8 Å². The topological polar surface area (TPSA) is 92.7 Å². The molecule has 0 atom stereocenters. The number of ether oxygens (including phenoxy) is 2. The van der Waals surface area contributed by atoms with Crippen molar-refractivity contribution in [3.63, 3.8) is 0 Å². The highest BCUT2D eigenvalue weighted by atomic mass is 16.5. The van der Waals surface area contributed by atoms with E-state index in [2.05, 4.69) is 25.2 Å². The molecule has 1 saturated heterocycles. The Hall–Kier alpha value is -3.88. The van der Waals surface area contributed by atoms with E-state index in [4.69, 9.17) is 9.47 Å². The summed E-state index contributed by atoms with van der Waals surface area (Å²) in [6.45, 7) is 6.18. The summed E-state index contributed by atoms with van der Waals surface area (Å²) in [6, 6.07) is 11.6. The molecule has 1 N–H and O–H groups in total. The first-order chi connectivity index (χ1) is 17.0. The predicted octanol–water partition coefficient (Wildman–Crippen LogP) is 4.35. The lowest BCUT2D eigenvalue weighted by Crippen LogP contribution is -2.49. The Morgan fingerprint density at radius 3 is 2.49 bits per heavy atom. The molecule has 4 heterocycles. The maximum Gasteiger partial charge on any atom is 0.322 e. The quantitative estimate of drug-likeness (QED) is 0.588. The average Bonchev–Trinajstić information content (AvgIpc) is 3.01. The van der Waals surface area contributed by atoms with Gasteiger partial charge >= 0.3 is 6.03 Å². The molecule has 182 valence electrons. The molecule has 0 bridgehead atoms. The van der Waals surface area contributed by atoms with E-state index in [0.717, 1.165) is 66.6 Å². The number of piperidine rings is 1. The number of hydrogen-bond acceptors (Lipinski definition) is 7. The number of pyridine rings is 1. The van der Waals surface area contributed by atoms with Crippen LogP contribution in [-0.2, 0) is 6.42 Å². The number of methoxy groups -OCH3 is 1. The largest absolute Gasteiger partial charge is 0.497 e. The lowest BCUT2D eigenvalue weighted by atomic mass is 10.0. The number of carbonyl (C=O) groups is 1. The van der Waals surface area contributed by atoms with Crippen molar-refractivity contribution < 1.29 is 14.3 Å². The fraction of sp³-hybridized carbons (Fsp3) is 0.385. The Kier molecular flexibility index (Phi) is 6.39. The van der Waals surface area contributed by atoms with Gasteiger partial charge in [-0.3, -0.25) is 4.98 Å².